The van der Waals surface area contributed by atoms with Crippen molar-refractivity contribution in [2.75, 3.05) is 13.1 Å². The molecule has 0 aromatic heterocycles. The smallest absolute Gasteiger partial charge is 0.237 e. The summed E-state index contributed by atoms with van der Waals surface area (Å²) in [6.07, 6.45) is 2.16. The Kier molecular flexibility index (Phi) is 14.9. The number of guanidine groups is 2. The lowest BCUT2D eigenvalue weighted by Gasteiger charge is -2.19. The van der Waals surface area contributed by atoms with Gasteiger partial charge in [0.15, 0.2) is 11.9 Å². The SMILES string of the molecule is NC(N)=NCCC[C@H](N)C(=O)NCc1ccc(/C(=C(\c2ccccc2)c2ccc(CNC(=O)[C@@H](N)CCCN=C(N)N)cc2)c2ccccc2)cc1. The van der Waals surface area contributed by atoms with E-state index in [0.29, 0.717) is 51.9 Å². The van der Waals surface area contributed by atoms with Gasteiger partial charge in [-0.1, -0.05) is 109 Å². The first kappa shape index (κ1) is 38.8. The van der Waals surface area contributed by atoms with Gasteiger partial charge >= 0.3 is 0 Å². The molecule has 0 spiro atoms. The lowest BCUT2D eigenvalue weighted by atomic mass is 9.85. The van der Waals surface area contributed by atoms with Gasteiger partial charge in [0.05, 0.1) is 12.1 Å². The van der Waals surface area contributed by atoms with Crippen LogP contribution in [-0.2, 0) is 22.7 Å². The van der Waals surface area contributed by atoms with E-state index < -0.39 is 12.1 Å². The molecule has 0 unspecified atom stereocenters. The zero-order chi connectivity index (χ0) is 37.3. The number of nitrogens with zero attached hydrogens (tertiary/aromatic N) is 2. The first-order chi connectivity index (χ1) is 25.1. The van der Waals surface area contributed by atoms with Gasteiger partial charge in [-0.15, -0.1) is 0 Å². The molecule has 0 saturated heterocycles. The van der Waals surface area contributed by atoms with Crippen LogP contribution in [0.15, 0.2) is 119 Å². The number of benzene rings is 4. The van der Waals surface area contributed by atoms with Crippen LogP contribution in [-0.4, -0.2) is 48.9 Å². The molecule has 0 heterocycles. The third-order valence-electron chi connectivity index (χ3n) is 8.40. The minimum absolute atomic E-state index is 0.0223. The molecule has 0 fully saturated rings. The molecule has 4 rings (SSSR count). The minimum Gasteiger partial charge on any atom is -0.370 e. The number of rotatable bonds is 18. The summed E-state index contributed by atoms with van der Waals surface area (Å²) in [7, 11) is 0. The van der Waals surface area contributed by atoms with Crippen molar-refractivity contribution in [3.05, 3.63) is 143 Å². The Morgan fingerprint density at radius 2 is 0.827 bits per heavy atom. The fourth-order valence-electron chi connectivity index (χ4n) is 5.64. The Hall–Kier alpha value is -5.98. The Bertz CT molecular complexity index is 1680. The van der Waals surface area contributed by atoms with Crippen molar-refractivity contribution in [1.82, 2.24) is 10.6 Å². The summed E-state index contributed by atoms with van der Waals surface area (Å²) in [6.45, 7) is 1.54. The molecule has 0 aliphatic heterocycles. The van der Waals surface area contributed by atoms with Crippen molar-refractivity contribution in [3.8, 4) is 0 Å². The standard InChI is InChI=1S/C40H50N10O2/c41-33(13-7-23-47-39(43)44)37(51)49-25-27-15-19-31(20-16-27)35(29-9-3-1-4-10-29)36(30-11-5-2-6-12-30)32-21-17-28(18-22-32)26-50-38(52)34(42)14-8-24-48-40(45)46/h1-6,9-12,15-22,33-34H,7-8,13-14,23-26,41-42H2,(H,49,51)(H,50,52)(H4,43,44,47)(H4,45,46,48)/b36-35+/t33-,34-/m0/s1. The molecular formula is C40H50N10O2. The molecule has 4 aromatic carbocycles. The number of carbonyl (C=O) groups is 2. The molecule has 14 N–H and O–H groups in total. The first-order valence-electron chi connectivity index (χ1n) is 17.3. The molecule has 272 valence electrons. The Labute approximate surface area is 305 Å². The summed E-state index contributed by atoms with van der Waals surface area (Å²) in [5.41, 5.74) is 41.8. The molecular weight excluding hydrogens is 653 g/mol. The van der Waals surface area contributed by atoms with Crippen molar-refractivity contribution in [1.29, 1.82) is 0 Å². The normalized spacial score (nSPS) is 12.5. The molecule has 2 amide bonds. The minimum atomic E-state index is -0.650. The highest BCUT2D eigenvalue weighted by Gasteiger charge is 2.18. The largest absolute Gasteiger partial charge is 0.370 e. The van der Waals surface area contributed by atoms with Gasteiger partial charge in [-0.3, -0.25) is 19.6 Å². The van der Waals surface area contributed by atoms with Crippen LogP contribution in [0.1, 0.15) is 59.1 Å². The van der Waals surface area contributed by atoms with Gasteiger partial charge in [-0.05, 0) is 70.2 Å². The third kappa shape index (κ3) is 12.1. The molecule has 12 heteroatoms. The van der Waals surface area contributed by atoms with Crippen molar-refractivity contribution in [2.24, 2.45) is 44.4 Å². The summed E-state index contributed by atoms with van der Waals surface area (Å²) in [4.78, 5) is 33.1. The summed E-state index contributed by atoms with van der Waals surface area (Å²) < 4.78 is 0. The van der Waals surface area contributed by atoms with E-state index in [1.54, 1.807) is 0 Å². The maximum absolute atomic E-state index is 12.6. The molecule has 0 bridgehead atoms. The van der Waals surface area contributed by atoms with Crippen molar-refractivity contribution in [2.45, 2.75) is 50.9 Å². The molecule has 0 aliphatic carbocycles. The van der Waals surface area contributed by atoms with E-state index >= 15 is 0 Å². The molecule has 0 aliphatic rings. The predicted octanol–water partition coefficient (Wildman–Crippen LogP) is 2.69. The topological polar surface area (TPSA) is 239 Å². The van der Waals surface area contributed by atoms with Gasteiger partial charge in [-0.2, -0.15) is 0 Å². The molecule has 0 radical (unpaired) electrons. The van der Waals surface area contributed by atoms with Crippen LogP contribution in [0.5, 0.6) is 0 Å². The van der Waals surface area contributed by atoms with Gasteiger partial charge in [0.25, 0.3) is 0 Å². The fraction of sp³-hybridized carbons (Fsp3) is 0.250. The zero-order valence-electron chi connectivity index (χ0n) is 29.4. The van der Waals surface area contributed by atoms with E-state index in [1.807, 2.05) is 60.7 Å². The monoisotopic (exact) mass is 702 g/mol. The van der Waals surface area contributed by atoms with E-state index in [9.17, 15) is 9.59 Å². The van der Waals surface area contributed by atoms with E-state index in [1.165, 1.54) is 0 Å². The van der Waals surface area contributed by atoms with E-state index in [0.717, 1.165) is 44.5 Å². The van der Waals surface area contributed by atoms with Crippen LogP contribution in [0.4, 0.5) is 0 Å². The van der Waals surface area contributed by atoms with Gasteiger partial charge in [0.2, 0.25) is 11.8 Å². The second kappa shape index (κ2) is 20.0. The fourth-order valence-corrected chi connectivity index (χ4v) is 5.64. The van der Waals surface area contributed by atoms with Crippen molar-refractivity contribution in [3.63, 3.8) is 0 Å². The van der Waals surface area contributed by atoms with Gasteiger partial charge in [-0.25, -0.2) is 0 Å². The van der Waals surface area contributed by atoms with Gasteiger partial charge in [0.1, 0.15) is 0 Å². The lowest BCUT2D eigenvalue weighted by molar-refractivity contribution is -0.123. The average Bonchev–Trinajstić information content (AvgIpc) is 3.16. The first-order valence-corrected chi connectivity index (χ1v) is 17.3. The number of aliphatic imine (C=N–C) groups is 2. The zero-order valence-corrected chi connectivity index (χ0v) is 29.4. The summed E-state index contributed by atoms with van der Waals surface area (Å²) >= 11 is 0. The van der Waals surface area contributed by atoms with Crippen LogP contribution in [0.2, 0.25) is 0 Å². The third-order valence-corrected chi connectivity index (χ3v) is 8.40. The van der Waals surface area contributed by atoms with E-state index in [4.69, 9.17) is 34.4 Å². The van der Waals surface area contributed by atoms with Crippen molar-refractivity contribution >= 4 is 34.9 Å². The van der Waals surface area contributed by atoms with E-state index in [2.05, 4.69) is 69.1 Å². The molecule has 4 aromatic rings. The predicted molar refractivity (Wildman–Crippen MR) is 210 cm³/mol. The molecule has 52 heavy (non-hydrogen) atoms. The highest BCUT2D eigenvalue weighted by atomic mass is 16.2. The Morgan fingerprint density at radius 1 is 0.500 bits per heavy atom. The number of nitrogens with one attached hydrogen (secondary N) is 2. The van der Waals surface area contributed by atoms with Crippen LogP contribution in [0.3, 0.4) is 0 Å². The van der Waals surface area contributed by atoms with E-state index in [-0.39, 0.29) is 23.7 Å². The van der Waals surface area contributed by atoms with Gasteiger partial charge < -0.3 is 45.0 Å². The quantitative estimate of drug-likeness (QED) is 0.0331. The molecule has 0 saturated carbocycles. The highest BCUT2D eigenvalue weighted by molar-refractivity contribution is 6.04. The molecule has 2 atom stereocenters. The summed E-state index contributed by atoms with van der Waals surface area (Å²) in [5, 5.41) is 5.88. The number of hydrogen-bond acceptors (Lipinski definition) is 6. The van der Waals surface area contributed by atoms with Crippen LogP contribution in [0, 0.1) is 0 Å². The maximum atomic E-state index is 12.6. The van der Waals surface area contributed by atoms with Crippen LogP contribution >= 0.6 is 0 Å². The number of amides is 2. The summed E-state index contributed by atoms with van der Waals surface area (Å²) in [6, 6.07) is 35.6. The molecule has 12 nitrogen and oxygen atoms in total. The maximum Gasteiger partial charge on any atom is 0.237 e. The van der Waals surface area contributed by atoms with Crippen molar-refractivity contribution < 1.29 is 9.59 Å². The van der Waals surface area contributed by atoms with Gasteiger partial charge in [0, 0.05) is 26.2 Å². The Morgan fingerprint density at radius 3 is 1.15 bits per heavy atom. The Balaban J connectivity index is 1.55. The second-order valence-corrected chi connectivity index (χ2v) is 12.4. The number of carbonyl (C=O) groups excluding carboxylic acids is 2. The summed E-state index contributed by atoms with van der Waals surface area (Å²) in [5.74, 6) is -0.408. The lowest BCUT2D eigenvalue weighted by Crippen LogP contribution is -2.40. The van der Waals surface area contributed by atoms with Crippen LogP contribution < -0.4 is 45.0 Å². The number of nitrogens with two attached hydrogens (primary N) is 6. The average molecular weight is 703 g/mol. The second-order valence-electron chi connectivity index (χ2n) is 12.4. The highest BCUT2D eigenvalue weighted by Crippen LogP contribution is 2.37. The van der Waals surface area contributed by atoms with Crippen LogP contribution in [0.25, 0.3) is 11.1 Å². The number of hydrogen-bond donors (Lipinski definition) is 8.